The maximum absolute atomic E-state index is 12.9. The number of rotatable bonds is 6. The van der Waals surface area contributed by atoms with Crippen molar-refractivity contribution in [3.05, 3.63) is 30.1 Å². The summed E-state index contributed by atoms with van der Waals surface area (Å²) in [5.41, 5.74) is 0. The molecular weight excluding hydrogens is 327 g/mol. The van der Waals surface area contributed by atoms with Crippen molar-refractivity contribution in [2.75, 3.05) is 39.5 Å². The van der Waals surface area contributed by atoms with E-state index in [1.807, 2.05) is 0 Å². The molecule has 0 spiro atoms. The van der Waals surface area contributed by atoms with Crippen molar-refractivity contribution in [2.24, 2.45) is 5.92 Å². The molecule has 2 aliphatic rings. The van der Waals surface area contributed by atoms with E-state index in [0.29, 0.717) is 11.8 Å². The highest BCUT2D eigenvalue weighted by Gasteiger charge is 2.37. The van der Waals surface area contributed by atoms with Gasteiger partial charge < -0.3 is 19.9 Å². The predicted octanol–water partition coefficient (Wildman–Crippen LogP) is 0.792. The lowest BCUT2D eigenvalue weighted by atomic mass is 10.1. The first-order valence-electron chi connectivity index (χ1n) is 8.76. The number of hydrogen-bond acceptors (Lipinski definition) is 5. The Kier molecular flexibility index (Phi) is 6.23. The molecule has 25 heavy (non-hydrogen) atoms. The summed E-state index contributed by atoms with van der Waals surface area (Å²) in [6, 6.07) is 5.93. The highest BCUT2D eigenvalue weighted by molar-refractivity contribution is 5.78. The van der Waals surface area contributed by atoms with Gasteiger partial charge in [0.05, 0.1) is 0 Å². The van der Waals surface area contributed by atoms with Crippen molar-refractivity contribution in [3.8, 4) is 5.75 Å². The molecule has 0 aliphatic carbocycles. The maximum atomic E-state index is 12.9. The zero-order valence-electron chi connectivity index (χ0n) is 14.2. The van der Waals surface area contributed by atoms with Crippen molar-refractivity contribution < 1.29 is 23.8 Å². The van der Waals surface area contributed by atoms with Gasteiger partial charge in [0.15, 0.2) is 6.61 Å². The van der Waals surface area contributed by atoms with Crippen LogP contribution in [0.1, 0.15) is 12.8 Å². The van der Waals surface area contributed by atoms with E-state index in [4.69, 9.17) is 9.47 Å². The number of ether oxygens (including phenoxy) is 2. The maximum Gasteiger partial charge on any atom is 0.258 e. The number of nitrogens with one attached hydrogen (secondary N) is 1. The molecule has 2 aliphatic heterocycles. The zero-order chi connectivity index (χ0) is 17.6. The normalized spacial score (nSPS) is 25.0. The fraction of sp³-hybridized carbons (Fsp3) is 0.611. The number of benzene rings is 1. The predicted molar refractivity (Wildman–Crippen MR) is 89.8 cm³/mol. The minimum atomic E-state index is -0.346. The average Bonchev–Trinajstić information content (AvgIpc) is 3.05. The van der Waals surface area contributed by atoms with Gasteiger partial charge in [-0.2, -0.15) is 0 Å². The molecule has 0 radical (unpaired) electrons. The van der Waals surface area contributed by atoms with Crippen LogP contribution in [0.15, 0.2) is 24.3 Å². The summed E-state index contributed by atoms with van der Waals surface area (Å²) in [4.78, 5) is 14.5. The van der Waals surface area contributed by atoms with Crippen LogP contribution in [0.25, 0.3) is 0 Å². The molecule has 138 valence electrons. The van der Waals surface area contributed by atoms with E-state index < -0.39 is 0 Å². The summed E-state index contributed by atoms with van der Waals surface area (Å²) < 4.78 is 23.6. The van der Waals surface area contributed by atoms with Crippen LogP contribution in [0.5, 0.6) is 5.75 Å². The fourth-order valence-corrected chi connectivity index (χ4v) is 3.53. The number of amides is 1. The quantitative estimate of drug-likeness (QED) is 0.792. The van der Waals surface area contributed by atoms with Gasteiger partial charge in [-0.15, -0.1) is 0 Å². The van der Waals surface area contributed by atoms with Gasteiger partial charge >= 0.3 is 0 Å². The standard InChI is InChI=1S/C18H25FN2O4/c19-14-1-3-16(4-2-14)25-12-18(23)20-17-10-21(9-13(17)11-22)15-5-7-24-8-6-15/h1-4,13,15,17,22H,5-12H2,(H,20,23)/t13-,17+/m0/s1. The van der Waals surface area contributed by atoms with Crippen molar-refractivity contribution in [2.45, 2.75) is 24.9 Å². The van der Waals surface area contributed by atoms with Crippen LogP contribution in [0.2, 0.25) is 0 Å². The molecule has 0 saturated carbocycles. The first-order chi connectivity index (χ1) is 12.2. The monoisotopic (exact) mass is 352 g/mol. The molecule has 7 heteroatoms. The Hall–Kier alpha value is -1.70. The lowest BCUT2D eigenvalue weighted by Crippen LogP contribution is -2.44. The smallest absolute Gasteiger partial charge is 0.258 e. The van der Waals surface area contributed by atoms with E-state index in [9.17, 15) is 14.3 Å². The lowest BCUT2D eigenvalue weighted by molar-refractivity contribution is -0.124. The van der Waals surface area contributed by atoms with Crippen LogP contribution in [-0.2, 0) is 9.53 Å². The molecule has 3 rings (SSSR count). The van der Waals surface area contributed by atoms with Crippen LogP contribution in [0.3, 0.4) is 0 Å². The molecule has 0 unspecified atom stereocenters. The fourth-order valence-electron chi connectivity index (χ4n) is 3.53. The number of nitrogens with zero attached hydrogens (tertiary/aromatic N) is 1. The number of carbonyl (C=O) groups is 1. The summed E-state index contributed by atoms with van der Waals surface area (Å²) in [7, 11) is 0. The van der Waals surface area contributed by atoms with E-state index >= 15 is 0 Å². The first kappa shape index (κ1) is 18.1. The largest absolute Gasteiger partial charge is 0.484 e. The van der Waals surface area contributed by atoms with Crippen LogP contribution >= 0.6 is 0 Å². The number of halogens is 1. The van der Waals surface area contributed by atoms with Crippen LogP contribution in [0.4, 0.5) is 4.39 Å². The summed E-state index contributed by atoms with van der Waals surface area (Å²) in [6.07, 6.45) is 1.99. The summed E-state index contributed by atoms with van der Waals surface area (Å²) >= 11 is 0. The molecule has 6 nitrogen and oxygen atoms in total. The van der Waals surface area contributed by atoms with Crippen molar-refractivity contribution in [1.29, 1.82) is 0 Å². The second-order valence-corrected chi connectivity index (χ2v) is 6.66. The molecule has 1 aromatic rings. The van der Waals surface area contributed by atoms with E-state index in [0.717, 1.165) is 39.1 Å². The summed E-state index contributed by atoms with van der Waals surface area (Å²) in [5.74, 6) is -0.105. The number of likely N-dealkylation sites (tertiary alicyclic amines) is 1. The molecule has 0 aromatic heterocycles. The van der Waals surface area contributed by atoms with E-state index in [1.54, 1.807) is 0 Å². The Labute approximate surface area is 146 Å². The summed E-state index contributed by atoms with van der Waals surface area (Å²) in [6.45, 7) is 2.98. The molecule has 2 N–H and O–H groups in total. The second kappa shape index (κ2) is 8.60. The molecule has 2 heterocycles. The van der Waals surface area contributed by atoms with E-state index in [-0.39, 0.29) is 36.9 Å². The van der Waals surface area contributed by atoms with Crippen LogP contribution in [-0.4, -0.2) is 67.5 Å². The number of hydrogen-bond donors (Lipinski definition) is 2. The molecule has 2 saturated heterocycles. The molecular formula is C18H25FN2O4. The van der Waals surface area contributed by atoms with Crippen molar-refractivity contribution in [1.82, 2.24) is 10.2 Å². The molecule has 1 amide bonds. The molecule has 1 aromatic carbocycles. The van der Waals surface area contributed by atoms with E-state index in [2.05, 4.69) is 10.2 Å². The summed E-state index contributed by atoms with van der Waals surface area (Å²) in [5, 5.41) is 12.6. The highest BCUT2D eigenvalue weighted by Crippen LogP contribution is 2.24. The lowest BCUT2D eigenvalue weighted by Gasteiger charge is -2.31. The highest BCUT2D eigenvalue weighted by atomic mass is 19.1. The zero-order valence-corrected chi connectivity index (χ0v) is 14.2. The first-order valence-corrected chi connectivity index (χ1v) is 8.76. The van der Waals surface area contributed by atoms with Gasteiger partial charge in [-0.1, -0.05) is 0 Å². The van der Waals surface area contributed by atoms with Gasteiger partial charge in [0, 0.05) is 50.9 Å². The van der Waals surface area contributed by atoms with Gasteiger partial charge in [0.25, 0.3) is 5.91 Å². The number of aliphatic hydroxyl groups is 1. The van der Waals surface area contributed by atoms with Crippen LogP contribution in [0, 0.1) is 11.7 Å². The Morgan fingerprint density at radius 3 is 2.68 bits per heavy atom. The van der Waals surface area contributed by atoms with Crippen molar-refractivity contribution >= 4 is 5.91 Å². The molecule has 2 fully saturated rings. The second-order valence-electron chi connectivity index (χ2n) is 6.66. The van der Waals surface area contributed by atoms with Crippen LogP contribution < -0.4 is 10.1 Å². The SMILES string of the molecule is O=C(COc1ccc(F)cc1)N[C@@H]1CN(C2CCOCC2)C[C@H]1CO. The Morgan fingerprint density at radius 1 is 1.28 bits per heavy atom. The van der Waals surface area contributed by atoms with E-state index in [1.165, 1.54) is 24.3 Å². The van der Waals surface area contributed by atoms with Crippen molar-refractivity contribution in [3.63, 3.8) is 0 Å². The number of carbonyl (C=O) groups excluding carboxylic acids is 1. The van der Waals surface area contributed by atoms with Gasteiger partial charge in [0.2, 0.25) is 0 Å². The Balaban J connectivity index is 1.48. The third-order valence-electron chi connectivity index (χ3n) is 4.94. The van der Waals surface area contributed by atoms with Gasteiger partial charge in [-0.05, 0) is 37.1 Å². The Morgan fingerprint density at radius 2 is 2.00 bits per heavy atom. The minimum Gasteiger partial charge on any atom is -0.484 e. The Bertz CT molecular complexity index is 563. The average molecular weight is 352 g/mol. The minimum absolute atomic E-state index is 0.0256. The number of aliphatic hydroxyl groups excluding tert-OH is 1. The molecule has 2 atom stereocenters. The van der Waals surface area contributed by atoms with Gasteiger partial charge in [-0.25, -0.2) is 4.39 Å². The third kappa shape index (κ3) is 4.90. The van der Waals surface area contributed by atoms with Gasteiger partial charge in [-0.3, -0.25) is 9.69 Å². The topological polar surface area (TPSA) is 71.0 Å². The third-order valence-corrected chi connectivity index (χ3v) is 4.94. The molecule has 0 bridgehead atoms. The van der Waals surface area contributed by atoms with Gasteiger partial charge in [0.1, 0.15) is 11.6 Å².